The molecule has 1 aromatic rings. The van der Waals surface area contributed by atoms with Crippen LogP contribution in [0.15, 0.2) is 6.07 Å². The number of thiophene rings is 1. The van der Waals surface area contributed by atoms with Gasteiger partial charge in [0.25, 0.3) is 5.91 Å². The zero-order chi connectivity index (χ0) is 16.2. The summed E-state index contributed by atoms with van der Waals surface area (Å²) in [5, 5.41) is 2.94. The zero-order valence-corrected chi connectivity index (χ0v) is 14.5. The highest BCUT2D eigenvalue weighted by Crippen LogP contribution is 2.33. The molecule has 1 N–H and O–H groups in total. The van der Waals surface area contributed by atoms with Crippen molar-refractivity contribution in [2.45, 2.75) is 64.3 Å². The Hall–Kier alpha value is -1.36. The van der Waals surface area contributed by atoms with E-state index in [-0.39, 0.29) is 24.5 Å². The van der Waals surface area contributed by atoms with E-state index < -0.39 is 0 Å². The van der Waals surface area contributed by atoms with E-state index in [9.17, 15) is 9.59 Å². The Labute approximate surface area is 141 Å². The van der Waals surface area contributed by atoms with Crippen LogP contribution in [0.4, 0.5) is 0 Å². The number of aryl methyl sites for hydroxylation is 1. The fourth-order valence-corrected chi connectivity index (χ4v) is 4.69. The first-order valence-electron chi connectivity index (χ1n) is 8.73. The van der Waals surface area contributed by atoms with Gasteiger partial charge in [-0.2, -0.15) is 0 Å². The van der Waals surface area contributed by atoms with Gasteiger partial charge in [-0.05, 0) is 49.7 Å². The Kier molecular flexibility index (Phi) is 5.36. The van der Waals surface area contributed by atoms with Gasteiger partial charge in [-0.25, -0.2) is 4.79 Å². The number of nitrogens with one attached hydrogen (secondary N) is 1. The number of hydrogen-bond acceptors (Lipinski definition) is 4. The molecule has 5 heteroatoms. The number of ether oxygens (including phenoxy) is 1. The highest BCUT2D eigenvalue weighted by atomic mass is 32.1. The molecule has 4 nitrogen and oxygen atoms in total. The van der Waals surface area contributed by atoms with Gasteiger partial charge in [-0.3, -0.25) is 4.79 Å². The van der Waals surface area contributed by atoms with Crippen LogP contribution >= 0.6 is 11.3 Å². The molecule has 0 aliphatic heterocycles. The number of carbonyl (C=O) groups excluding carboxylic acids is 2. The van der Waals surface area contributed by atoms with Crippen LogP contribution in [0, 0.1) is 5.92 Å². The number of esters is 1. The average molecular weight is 335 g/mol. The standard InChI is InChI=1S/C18H25NO3S/c1-2-12-7-8-15-13(9-12)10-16(23-15)18(21)22-11-17(20)19-14-5-3-4-6-14/h10,12,14H,2-9,11H2,1H3,(H,19,20)/t12-/m1/s1. The molecule has 23 heavy (non-hydrogen) atoms. The van der Waals surface area contributed by atoms with E-state index in [1.54, 1.807) is 0 Å². The van der Waals surface area contributed by atoms with Gasteiger partial charge in [0, 0.05) is 10.9 Å². The number of amides is 1. The minimum atomic E-state index is -0.362. The molecule has 1 amide bonds. The molecule has 1 fully saturated rings. The molecule has 3 rings (SSSR count). The first-order valence-corrected chi connectivity index (χ1v) is 9.55. The van der Waals surface area contributed by atoms with E-state index in [1.807, 2.05) is 6.07 Å². The molecule has 0 bridgehead atoms. The molecule has 0 aromatic carbocycles. The second-order valence-corrected chi connectivity index (χ2v) is 7.84. The lowest BCUT2D eigenvalue weighted by molar-refractivity contribution is -0.124. The number of fused-ring (bicyclic) bond motifs is 1. The van der Waals surface area contributed by atoms with Gasteiger partial charge in [0.2, 0.25) is 0 Å². The summed E-state index contributed by atoms with van der Waals surface area (Å²) in [5.41, 5.74) is 1.30. The minimum Gasteiger partial charge on any atom is -0.451 e. The molecule has 1 atom stereocenters. The summed E-state index contributed by atoms with van der Waals surface area (Å²) in [6.45, 7) is 2.05. The molecular weight excluding hydrogens is 310 g/mol. The van der Waals surface area contributed by atoms with Crippen molar-refractivity contribution < 1.29 is 14.3 Å². The maximum atomic E-state index is 12.2. The molecule has 1 heterocycles. The van der Waals surface area contributed by atoms with Gasteiger partial charge in [0.1, 0.15) is 4.88 Å². The van der Waals surface area contributed by atoms with Crippen molar-refractivity contribution in [3.8, 4) is 0 Å². The molecule has 0 radical (unpaired) electrons. The maximum Gasteiger partial charge on any atom is 0.348 e. The third-order valence-corrected chi connectivity index (χ3v) is 6.24. The second-order valence-electron chi connectivity index (χ2n) is 6.70. The fraction of sp³-hybridized carbons (Fsp3) is 0.667. The monoisotopic (exact) mass is 335 g/mol. The Morgan fingerprint density at radius 3 is 2.83 bits per heavy atom. The molecule has 1 aromatic heterocycles. The molecule has 0 saturated heterocycles. The highest BCUT2D eigenvalue weighted by Gasteiger charge is 2.23. The summed E-state index contributed by atoms with van der Waals surface area (Å²) in [5.74, 6) is 0.190. The van der Waals surface area contributed by atoms with Crippen molar-refractivity contribution in [1.82, 2.24) is 5.32 Å². The first-order chi connectivity index (χ1) is 11.2. The lowest BCUT2D eigenvalue weighted by Crippen LogP contribution is -2.35. The fourth-order valence-electron chi connectivity index (χ4n) is 3.59. The second kappa shape index (κ2) is 7.47. The Bertz CT molecular complexity index is 575. The van der Waals surface area contributed by atoms with E-state index in [1.165, 1.54) is 47.5 Å². The van der Waals surface area contributed by atoms with Crippen molar-refractivity contribution in [2.75, 3.05) is 6.61 Å². The van der Waals surface area contributed by atoms with Gasteiger partial charge in [0.15, 0.2) is 6.61 Å². The predicted octanol–water partition coefficient (Wildman–Crippen LogP) is 3.48. The van der Waals surface area contributed by atoms with Crippen molar-refractivity contribution in [1.29, 1.82) is 0 Å². The van der Waals surface area contributed by atoms with Crippen LogP contribution in [-0.2, 0) is 22.4 Å². The van der Waals surface area contributed by atoms with Crippen molar-refractivity contribution in [3.63, 3.8) is 0 Å². The summed E-state index contributed by atoms with van der Waals surface area (Å²) >= 11 is 1.53. The smallest absolute Gasteiger partial charge is 0.348 e. The molecular formula is C18H25NO3S. The lowest BCUT2D eigenvalue weighted by atomic mass is 9.87. The van der Waals surface area contributed by atoms with Crippen molar-refractivity contribution >= 4 is 23.2 Å². The average Bonchev–Trinajstić information content (AvgIpc) is 3.20. The van der Waals surface area contributed by atoms with Crippen LogP contribution in [0.1, 0.15) is 65.6 Å². The highest BCUT2D eigenvalue weighted by molar-refractivity contribution is 7.14. The van der Waals surface area contributed by atoms with E-state index in [0.29, 0.717) is 4.88 Å². The van der Waals surface area contributed by atoms with E-state index in [0.717, 1.165) is 31.6 Å². The summed E-state index contributed by atoms with van der Waals surface area (Å²) < 4.78 is 5.19. The van der Waals surface area contributed by atoms with Crippen LogP contribution in [0.3, 0.4) is 0 Å². The minimum absolute atomic E-state index is 0.171. The summed E-state index contributed by atoms with van der Waals surface area (Å²) in [6, 6.07) is 2.24. The van der Waals surface area contributed by atoms with Gasteiger partial charge < -0.3 is 10.1 Å². The predicted molar refractivity (Wildman–Crippen MR) is 90.8 cm³/mol. The third-order valence-electron chi connectivity index (χ3n) is 5.02. The molecule has 0 spiro atoms. The third kappa shape index (κ3) is 4.14. The molecule has 126 valence electrons. The zero-order valence-electron chi connectivity index (χ0n) is 13.7. The Balaban J connectivity index is 1.50. The van der Waals surface area contributed by atoms with Crippen LogP contribution in [-0.4, -0.2) is 24.5 Å². The normalized spacial score (nSPS) is 21.0. The first kappa shape index (κ1) is 16.5. The molecule has 1 saturated carbocycles. The van der Waals surface area contributed by atoms with Crippen molar-refractivity contribution in [3.05, 3.63) is 21.4 Å². The van der Waals surface area contributed by atoms with Gasteiger partial charge in [-0.15, -0.1) is 11.3 Å². The summed E-state index contributed by atoms with van der Waals surface area (Å²) in [7, 11) is 0. The van der Waals surface area contributed by atoms with Gasteiger partial charge in [-0.1, -0.05) is 26.2 Å². The quantitative estimate of drug-likeness (QED) is 0.838. The van der Waals surface area contributed by atoms with Crippen LogP contribution in [0.5, 0.6) is 0 Å². The molecule has 2 aliphatic rings. The van der Waals surface area contributed by atoms with E-state index in [2.05, 4.69) is 12.2 Å². The Morgan fingerprint density at radius 1 is 1.30 bits per heavy atom. The van der Waals surface area contributed by atoms with Crippen LogP contribution in [0.2, 0.25) is 0 Å². The van der Waals surface area contributed by atoms with Gasteiger partial charge >= 0.3 is 5.97 Å². The van der Waals surface area contributed by atoms with E-state index >= 15 is 0 Å². The Morgan fingerprint density at radius 2 is 2.09 bits per heavy atom. The molecule has 0 unspecified atom stereocenters. The van der Waals surface area contributed by atoms with Crippen LogP contribution in [0.25, 0.3) is 0 Å². The molecule has 2 aliphatic carbocycles. The maximum absolute atomic E-state index is 12.2. The lowest BCUT2D eigenvalue weighted by Gasteiger charge is -2.19. The summed E-state index contributed by atoms with van der Waals surface area (Å²) in [4.78, 5) is 25.9. The number of hydrogen-bond donors (Lipinski definition) is 1. The van der Waals surface area contributed by atoms with E-state index in [4.69, 9.17) is 4.74 Å². The largest absolute Gasteiger partial charge is 0.451 e. The topological polar surface area (TPSA) is 55.4 Å². The van der Waals surface area contributed by atoms with Gasteiger partial charge in [0.05, 0.1) is 0 Å². The summed E-state index contributed by atoms with van der Waals surface area (Å²) in [6.07, 6.45) is 8.95. The number of rotatable bonds is 5. The number of carbonyl (C=O) groups is 2. The van der Waals surface area contributed by atoms with Crippen molar-refractivity contribution in [2.24, 2.45) is 5.92 Å². The SMILES string of the molecule is CC[C@@H]1CCc2sc(C(=O)OCC(=O)NC3CCCC3)cc2C1. The van der Waals surface area contributed by atoms with Crippen LogP contribution < -0.4 is 5.32 Å².